The van der Waals surface area contributed by atoms with E-state index in [0.717, 1.165) is 33.8 Å². The minimum atomic E-state index is -0.540. The molecule has 14 rings (SSSR count). The summed E-state index contributed by atoms with van der Waals surface area (Å²) in [6.45, 7) is 0. The molecule has 73 heavy (non-hydrogen) atoms. The van der Waals surface area contributed by atoms with Crippen molar-refractivity contribution in [2.45, 2.75) is 5.41 Å². The number of nitrogens with zero attached hydrogens (tertiary/aromatic N) is 2. The summed E-state index contributed by atoms with van der Waals surface area (Å²) < 4.78 is 2.45. The van der Waals surface area contributed by atoms with Crippen LogP contribution in [0.5, 0.6) is 0 Å². The molecular formula is C71H48N2. The van der Waals surface area contributed by atoms with E-state index in [1.165, 1.54) is 88.3 Å². The maximum Gasteiger partial charge on any atom is 0.0714 e. The monoisotopic (exact) mass is 928 g/mol. The average Bonchev–Trinajstić information content (AvgIpc) is 3.96. The first-order valence-electron chi connectivity index (χ1n) is 25.2. The van der Waals surface area contributed by atoms with E-state index in [2.05, 4.69) is 301 Å². The van der Waals surface area contributed by atoms with Gasteiger partial charge in [-0.2, -0.15) is 0 Å². The fraction of sp³-hybridized carbons (Fsp3) is 0.0141. The van der Waals surface area contributed by atoms with Gasteiger partial charge in [0.2, 0.25) is 0 Å². The Bertz CT molecular complexity index is 4140. The molecule has 0 fully saturated rings. The first kappa shape index (κ1) is 42.4. The van der Waals surface area contributed by atoms with Crippen LogP contribution >= 0.6 is 0 Å². The third kappa shape index (κ3) is 6.87. The zero-order chi connectivity index (χ0) is 48.3. The lowest BCUT2D eigenvalue weighted by molar-refractivity contribution is 0.768. The van der Waals surface area contributed by atoms with Crippen molar-refractivity contribution in [1.29, 1.82) is 0 Å². The molecule has 0 amide bonds. The van der Waals surface area contributed by atoms with Crippen LogP contribution in [0.1, 0.15) is 22.3 Å². The number of aromatic nitrogens is 1. The second-order valence-electron chi connectivity index (χ2n) is 19.2. The van der Waals surface area contributed by atoms with Crippen molar-refractivity contribution in [3.8, 4) is 50.2 Å². The third-order valence-corrected chi connectivity index (χ3v) is 15.3. The molecular weight excluding hydrogens is 881 g/mol. The summed E-state index contributed by atoms with van der Waals surface area (Å²) in [5.74, 6) is 0. The van der Waals surface area contributed by atoms with Crippen molar-refractivity contribution in [2.24, 2.45) is 0 Å². The summed E-state index contributed by atoms with van der Waals surface area (Å²) in [4.78, 5) is 2.47. The highest BCUT2D eigenvalue weighted by atomic mass is 15.1. The predicted molar refractivity (Wildman–Crippen MR) is 307 cm³/mol. The van der Waals surface area contributed by atoms with Gasteiger partial charge in [-0.25, -0.2) is 0 Å². The second kappa shape index (κ2) is 17.4. The van der Waals surface area contributed by atoms with Crippen LogP contribution in [0.4, 0.5) is 17.1 Å². The van der Waals surface area contributed by atoms with Gasteiger partial charge in [0.25, 0.3) is 0 Å². The molecule has 0 N–H and O–H groups in total. The minimum absolute atomic E-state index is 0.540. The van der Waals surface area contributed by atoms with Crippen molar-refractivity contribution in [3.05, 3.63) is 313 Å². The topological polar surface area (TPSA) is 8.17 Å². The minimum Gasteiger partial charge on any atom is -0.310 e. The van der Waals surface area contributed by atoms with E-state index in [-0.39, 0.29) is 0 Å². The number of para-hydroxylation sites is 2. The molecule has 0 radical (unpaired) electrons. The number of benzene rings is 12. The SMILES string of the molecule is c1ccc(-c2ccc(N(c3ccc4c(c3)C(c3ccccc3)(c3ccccc3)c3ccccc3-4)c3ccccc3-c3cccc(-c4ccc5c6ccccc6n(-c6cccc7ccccc67)c5c4)c3)cc2)cc1. The Hall–Kier alpha value is -9.50. The smallest absolute Gasteiger partial charge is 0.0714 e. The summed E-state index contributed by atoms with van der Waals surface area (Å²) in [5, 5.41) is 4.95. The molecule has 0 unspecified atom stereocenters. The van der Waals surface area contributed by atoms with Crippen LogP contribution in [0, 0.1) is 0 Å². The summed E-state index contributed by atoms with van der Waals surface area (Å²) in [5.41, 5.74) is 20.9. The van der Waals surface area contributed by atoms with Crippen molar-refractivity contribution in [2.75, 3.05) is 4.90 Å². The highest BCUT2D eigenvalue weighted by Crippen LogP contribution is 2.57. The zero-order valence-corrected chi connectivity index (χ0v) is 40.1. The standard InChI is InChI=1S/C71H48N2/c1-4-20-49(21-5-1)50-38-41-57(42-39-50)72(58-43-45-62-61-32-12-15-34-65(61)71(66(62)48-58,55-26-6-2-7-27-55)56-28-8-3-9-29-56)67-35-16-13-31-60(67)54-25-18-24-52(46-54)53-40-44-64-63-33-14-17-36-69(63)73(70(64)47-53)68-37-19-23-51-22-10-11-30-59(51)68/h1-48H. The van der Waals surface area contributed by atoms with E-state index in [1.54, 1.807) is 0 Å². The van der Waals surface area contributed by atoms with Crippen LogP contribution in [0.3, 0.4) is 0 Å². The summed E-state index contributed by atoms with van der Waals surface area (Å²) in [7, 11) is 0. The van der Waals surface area contributed by atoms with Gasteiger partial charge in [-0.1, -0.05) is 237 Å². The largest absolute Gasteiger partial charge is 0.310 e. The van der Waals surface area contributed by atoms with Gasteiger partial charge in [0.05, 0.1) is 27.8 Å². The quantitative estimate of drug-likeness (QED) is 0.140. The Morgan fingerprint density at radius 2 is 0.822 bits per heavy atom. The lowest BCUT2D eigenvalue weighted by atomic mass is 9.67. The third-order valence-electron chi connectivity index (χ3n) is 15.3. The Kier molecular flexibility index (Phi) is 10.1. The molecule has 2 heteroatoms. The molecule has 0 aliphatic heterocycles. The lowest BCUT2D eigenvalue weighted by Crippen LogP contribution is -2.28. The Morgan fingerprint density at radius 1 is 0.288 bits per heavy atom. The first-order chi connectivity index (χ1) is 36.2. The molecule has 1 aliphatic rings. The van der Waals surface area contributed by atoms with Gasteiger partial charge < -0.3 is 9.47 Å². The molecule has 0 saturated carbocycles. The maximum absolute atomic E-state index is 2.47. The molecule has 0 saturated heterocycles. The molecule has 0 spiro atoms. The lowest BCUT2D eigenvalue weighted by Gasteiger charge is -2.35. The van der Waals surface area contributed by atoms with Crippen molar-refractivity contribution >= 4 is 49.6 Å². The van der Waals surface area contributed by atoms with Crippen LogP contribution in [0.15, 0.2) is 291 Å². The number of anilines is 3. The van der Waals surface area contributed by atoms with Gasteiger partial charge >= 0.3 is 0 Å². The van der Waals surface area contributed by atoms with Crippen LogP contribution in [0.2, 0.25) is 0 Å². The van der Waals surface area contributed by atoms with Crippen LogP contribution in [-0.4, -0.2) is 4.57 Å². The van der Waals surface area contributed by atoms with E-state index in [4.69, 9.17) is 0 Å². The van der Waals surface area contributed by atoms with E-state index in [0.29, 0.717) is 0 Å². The summed E-state index contributed by atoms with van der Waals surface area (Å²) in [6.07, 6.45) is 0. The van der Waals surface area contributed by atoms with E-state index in [9.17, 15) is 0 Å². The summed E-state index contributed by atoms with van der Waals surface area (Å²) in [6, 6.07) is 107. The van der Waals surface area contributed by atoms with Crippen molar-refractivity contribution in [3.63, 3.8) is 0 Å². The predicted octanol–water partition coefficient (Wildman–Crippen LogP) is 18.8. The highest BCUT2D eigenvalue weighted by molar-refractivity contribution is 6.11. The average molecular weight is 929 g/mol. The molecule has 13 aromatic rings. The number of rotatable bonds is 9. The van der Waals surface area contributed by atoms with E-state index in [1.807, 2.05) is 0 Å². The second-order valence-corrected chi connectivity index (χ2v) is 19.2. The Balaban J connectivity index is 0.950. The molecule has 1 heterocycles. The van der Waals surface area contributed by atoms with E-state index >= 15 is 0 Å². The molecule has 1 aliphatic carbocycles. The Labute approximate surface area is 426 Å². The van der Waals surface area contributed by atoms with Crippen LogP contribution in [-0.2, 0) is 5.41 Å². The number of hydrogen-bond acceptors (Lipinski definition) is 1. The van der Waals surface area contributed by atoms with Crippen LogP contribution < -0.4 is 4.90 Å². The number of fused-ring (bicyclic) bond motifs is 7. The van der Waals surface area contributed by atoms with Gasteiger partial charge in [-0.3, -0.25) is 0 Å². The fourth-order valence-electron chi connectivity index (χ4n) is 12.0. The Morgan fingerprint density at radius 3 is 1.62 bits per heavy atom. The first-order valence-corrected chi connectivity index (χ1v) is 25.2. The molecule has 0 atom stereocenters. The van der Waals surface area contributed by atoms with Gasteiger partial charge in [0.1, 0.15) is 0 Å². The van der Waals surface area contributed by atoms with Gasteiger partial charge in [0, 0.05) is 33.1 Å². The van der Waals surface area contributed by atoms with Gasteiger partial charge in [0.15, 0.2) is 0 Å². The van der Waals surface area contributed by atoms with Crippen molar-refractivity contribution in [1.82, 2.24) is 4.57 Å². The normalized spacial score (nSPS) is 12.5. The van der Waals surface area contributed by atoms with E-state index < -0.39 is 5.41 Å². The van der Waals surface area contributed by atoms with Gasteiger partial charge in [-0.15, -0.1) is 0 Å². The van der Waals surface area contributed by atoms with Crippen molar-refractivity contribution < 1.29 is 0 Å². The van der Waals surface area contributed by atoms with Gasteiger partial charge in [-0.05, 0) is 121 Å². The molecule has 2 nitrogen and oxygen atoms in total. The summed E-state index contributed by atoms with van der Waals surface area (Å²) >= 11 is 0. The molecule has 0 bridgehead atoms. The molecule has 12 aromatic carbocycles. The highest BCUT2D eigenvalue weighted by Gasteiger charge is 2.46. The maximum atomic E-state index is 2.47. The zero-order valence-electron chi connectivity index (χ0n) is 40.1. The number of hydrogen-bond donors (Lipinski definition) is 0. The molecule has 1 aromatic heterocycles. The fourth-order valence-corrected chi connectivity index (χ4v) is 12.0. The van der Waals surface area contributed by atoms with Crippen LogP contribution in [0.25, 0.3) is 82.8 Å². The molecule has 342 valence electrons.